The van der Waals surface area contributed by atoms with Crippen LogP contribution in [0.3, 0.4) is 0 Å². The molecule has 32 heavy (non-hydrogen) atoms. The SMILES string of the molecule is O=C(C1CC1c1ccccc1C(F)(F)F)N1CCN(Cc2nc(-c3cccs3)no2)CC1. The molecule has 5 rings (SSSR count). The molecule has 2 aromatic heterocycles. The number of benzene rings is 1. The van der Waals surface area contributed by atoms with Crippen molar-refractivity contribution < 1.29 is 22.5 Å². The summed E-state index contributed by atoms with van der Waals surface area (Å²) in [4.78, 5) is 22.2. The number of piperazine rings is 1. The van der Waals surface area contributed by atoms with Crippen LogP contribution in [0.5, 0.6) is 0 Å². The predicted molar refractivity (Wildman–Crippen MR) is 112 cm³/mol. The van der Waals surface area contributed by atoms with Crippen molar-refractivity contribution in [3.8, 4) is 10.7 Å². The summed E-state index contributed by atoms with van der Waals surface area (Å²) in [6.45, 7) is 2.88. The molecule has 1 amide bonds. The summed E-state index contributed by atoms with van der Waals surface area (Å²) in [5.41, 5.74) is -0.401. The van der Waals surface area contributed by atoms with Gasteiger partial charge < -0.3 is 9.42 Å². The molecule has 2 unspecified atom stereocenters. The molecule has 2 fully saturated rings. The van der Waals surface area contributed by atoms with Crippen LogP contribution in [0.15, 0.2) is 46.3 Å². The Kier molecular flexibility index (Phi) is 5.50. The van der Waals surface area contributed by atoms with E-state index in [1.165, 1.54) is 12.1 Å². The van der Waals surface area contributed by atoms with Crippen LogP contribution in [0.4, 0.5) is 13.2 Å². The Labute approximate surface area is 186 Å². The Bertz CT molecular complexity index is 1090. The van der Waals surface area contributed by atoms with Crippen molar-refractivity contribution in [2.75, 3.05) is 26.2 Å². The van der Waals surface area contributed by atoms with Crippen LogP contribution in [-0.2, 0) is 17.5 Å². The third-order valence-electron chi connectivity index (χ3n) is 6.03. The fraction of sp³-hybridized carbons (Fsp3) is 0.409. The van der Waals surface area contributed by atoms with E-state index < -0.39 is 11.7 Å². The average molecular weight is 462 g/mol. The lowest BCUT2D eigenvalue weighted by Crippen LogP contribution is -2.48. The van der Waals surface area contributed by atoms with Gasteiger partial charge in [0, 0.05) is 32.1 Å². The minimum atomic E-state index is -4.41. The fourth-order valence-electron chi connectivity index (χ4n) is 4.27. The molecule has 10 heteroatoms. The Hall–Kier alpha value is -2.72. The van der Waals surface area contributed by atoms with E-state index in [-0.39, 0.29) is 23.3 Å². The predicted octanol–water partition coefficient (Wildman–Crippen LogP) is 4.26. The quantitative estimate of drug-likeness (QED) is 0.567. The van der Waals surface area contributed by atoms with E-state index in [0.717, 1.165) is 10.9 Å². The van der Waals surface area contributed by atoms with Crippen molar-refractivity contribution in [3.63, 3.8) is 0 Å². The van der Waals surface area contributed by atoms with Crippen molar-refractivity contribution in [2.45, 2.75) is 25.1 Å². The smallest absolute Gasteiger partial charge is 0.340 e. The van der Waals surface area contributed by atoms with Crippen molar-refractivity contribution in [1.29, 1.82) is 0 Å². The van der Waals surface area contributed by atoms with E-state index in [2.05, 4.69) is 15.0 Å². The van der Waals surface area contributed by atoms with E-state index in [0.29, 0.717) is 50.9 Å². The lowest BCUT2D eigenvalue weighted by molar-refractivity contribution is -0.139. The summed E-state index contributed by atoms with van der Waals surface area (Å²) in [7, 11) is 0. The Morgan fingerprint density at radius 3 is 2.62 bits per heavy atom. The van der Waals surface area contributed by atoms with Crippen LogP contribution in [-0.4, -0.2) is 52.0 Å². The van der Waals surface area contributed by atoms with Gasteiger partial charge in [-0.25, -0.2) is 0 Å². The summed E-state index contributed by atoms with van der Waals surface area (Å²) >= 11 is 1.54. The first-order valence-corrected chi connectivity index (χ1v) is 11.3. The topological polar surface area (TPSA) is 62.5 Å². The van der Waals surface area contributed by atoms with Gasteiger partial charge in [-0.2, -0.15) is 18.2 Å². The number of rotatable bonds is 5. The molecule has 0 spiro atoms. The minimum absolute atomic E-state index is 0.0515. The minimum Gasteiger partial charge on any atom is -0.340 e. The highest BCUT2D eigenvalue weighted by Crippen LogP contribution is 2.51. The second kappa shape index (κ2) is 8.32. The monoisotopic (exact) mass is 462 g/mol. The van der Waals surface area contributed by atoms with Crippen molar-refractivity contribution >= 4 is 17.2 Å². The zero-order valence-corrected chi connectivity index (χ0v) is 17.9. The number of amides is 1. The van der Waals surface area contributed by atoms with Gasteiger partial charge in [0.2, 0.25) is 17.6 Å². The summed E-state index contributed by atoms with van der Waals surface area (Å²) < 4.78 is 45.3. The van der Waals surface area contributed by atoms with Gasteiger partial charge in [-0.1, -0.05) is 29.4 Å². The van der Waals surface area contributed by atoms with Gasteiger partial charge in [0.15, 0.2) is 0 Å². The summed E-state index contributed by atoms with van der Waals surface area (Å²) in [5.74, 6) is 0.327. The standard InChI is InChI=1S/C22H21F3N4O2S/c23-22(24,25)17-5-2-1-4-14(17)15-12-16(15)21(30)29-9-7-28(8-10-29)13-19-26-20(27-31-19)18-6-3-11-32-18/h1-6,11,15-16H,7-10,12-13H2. The largest absolute Gasteiger partial charge is 0.416 e. The number of carbonyl (C=O) groups excluding carboxylic acids is 1. The summed E-state index contributed by atoms with van der Waals surface area (Å²) in [6.07, 6.45) is -3.93. The zero-order chi connectivity index (χ0) is 22.3. The van der Waals surface area contributed by atoms with Crippen LogP contribution >= 0.6 is 11.3 Å². The lowest BCUT2D eigenvalue weighted by Gasteiger charge is -2.34. The van der Waals surface area contributed by atoms with Gasteiger partial charge in [-0.15, -0.1) is 11.3 Å². The van der Waals surface area contributed by atoms with Gasteiger partial charge in [0.25, 0.3) is 0 Å². The summed E-state index contributed by atoms with van der Waals surface area (Å²) in [6, 6.07) is 9.44. The number of alkyl halides is 3. The molecular formula is C22H21F3N4O2S. The average Bonchev–Trinajstić information content (AvgIpc) is 3.15. The Balaban J connectivity index is 1.15. The fourth-order valence-corrected chi connectivity index (χ4v) is 4.92. The Morgan fingerprint density at radius 1 is 1.12 bits per heavy atom. The van der Waals surface area contributed by atoms with Gasteiger partial charge in [-0.3, -0.25) is 9.69 Å². The maximum atomic E-state index is 13.3. The molecule has 0 bridgehead atoms. The van der Waals surface area contributed by atoms with Crippen LogP contribution in [0.25, 0.3) is 10.7 Å². The number of nitrogens with zero attached hydrogens (tertiary/aromatic N) is 4. The number of hydrogen-bond donors (Lipinski definition) is 0. The molecule has 1 aliphatic heterocycles. The molecule has 3 aromatic rings. The van der Waals surface area contributed by atoms with E-state index >= 15 is 0 Å². The maximum Gasteiger partial charge on any atom is 0.416 e. The van der Waals surface area contributed by atoms with Crippen molar-refractivity contribution in [3.05, 3.63) is 58.8 Å². The highest BCUT2D eigenvalue weighted by molar-refractivity contribution is 7.13. The van der Waals surface area contributed by atoms with Crippen LogP contribution < -0.4 is 0 Å². The number of aromatic nitrogens is 2. The van der Waals surface area contributed by atoms with Gasteiger partial charge in [0.05, 0.1) is 17.0 Å². The summed E-state index contributed by atoms with van der Waals surface area (Å²) in [5, 5.41) is 5.97. The van der Waals surface area contributed by atoms with Gasteiger partial charge in [-0.05, 0) is 35.4 Å². The Morgan fingerprint density at radius 2 is 1.91 bits per heavy atom. The van der Waals surface area contributed by atoms with Crippen LogP contribution in [0, 0.1) is 5.92 Å². The number of halogens is 3. The molecule has 2 atom stereocenters. The maximum absolute atomic E-state index is 13.3. The zero-order valence-electron chi connectivity index (χ0n) is 17.1. The van der Waals surface area contributed by atoms with E-state index in [1.54, 1.807) is 22.3 Å². The molecule has 1 aromatic carbocycles. The molecule has 1 saturated heterocycles. The van der Waals surface area contributed by atoms with Crippen LogP contribution in [0.1, 0.15) is 29.4 Å². The first kappa shape index (κ1) is 21.1. The van der Waals surface area contributed by atoms with Gasteiger partial charge >= 0.3 is 6.18 Å². The first-order chi connectivity index (χ1) is 15.4. The highest BCUT2D eigenvalue weighted by atomic mass is 32.1. The molecule has 6 nitrogen and oxygen atoms in total. The van der Waals surface area contributed by atoms with E-state index in [9.17, 15) is 18.0 Å². The highest BCUT2D eigenvalue weighted by Gasteiger charge is 2.49. The molecular weight excluding hydrogens is 441 g/mol. The number of carbonyl (C=O) groups is 1. The van der Waals surface area contributed by atoms with Crippen molar-refractivity contribution in [1.82, 2.24) is 19.9 Å². The van der Waals surface area contributed by atoms with E-state index in [1.807, 2.05) is 17.5 Å². The molecule has 1 saturated carbocycles. The normalized spacial score (nSPS) is 21.7. The third kappa shape index (κ3) is 4.29. The second-order valence-electron chi connectivity index (χ2n) is 8.12. The third-order valence-corrected chi connectivity index (χ3v) is 6.89. The molecule has 0 radical (unpaired) electrons. The van der Waals surface area contributed by atoms with Gasteiger partial charge in [0.1, 0.15) is 0 Å². The first-order valence-electron chi connectivity index (χ1n) is 10.4. The number of hydrogen-bond acceptors (Lipinski definition) is 6. The molecule has 3 heterocycles. The molecule has 0 N–H and O–H groups in total. The van der Waals surface area contributed by atoms with Crippen molar-refractivity contribution in [2.24, 2.45) is 5.92 Å². The molecule has 1 aliphatic carbocycles. The second-order valence-corrected chi connectivity index (χ2v) is 9.07. The molecule has 2 aliphatic rings. The lowest BCUT2D eigenvalue weighted by atomic mass is 10.0. The molecule has 168 valence electrons. The van der Waals surface area contributed by atoms with Crippen LogP contribution in [0.2, 0.25) is 0 Å². The number of thiophene rings is 1. The van der Waals surface area contributed by atoms with E-state index in [4.69, 9.17) is 4.52 Å².